The highest BCUT2D eigenvalue weighted by atomic mass is 32.2. The zero-order valence-corrected chi connectivity index (χ0v) is 9.84. The summed E-state index contributed by atoms with van der Waals surface area (Å²) in [6, 6.07) is 0. The lowest BCUT2D eigenvalue weighted by Crippen LogP contribution is -2.56. The van der Waals surface area contributed by atoms with Gasteiger partial charge in [0, 0.05) is 0 Å². The summed E-state index contributed by atoms with van der Waals surface area (Å²) in [7, 11) is -7.08. The molecule has 0 saturated heterocycles. The van der Waals surface area contributed by atoms with Gasteiger partial charge >= 0.3 is 27.5 Å². The van der Waals surface area contributed by atoms with Crippen molar-refractivity contribution in [2.45, 2.75) is 36.3 Å². The van der Waals surface area contributed by atoms with E-state index in [1.807, 2.05) is 0 Å². The van der Waals surface area contributed by atoms with E-state index < -0.39 is 46.4 Å². The maximum absolute atomic E-state index is 12.7. The number of hydrogen-bond donors (Lipinski definition) is 0. The smallest absolute Gasteiger partial charge is 0.234 e. The first-order valence-corrected chi connectivity index (χ1v) is 5.70. The Morgan fingerprint density at radius 2 is 1.14 bits per heavy atom. The van der Waals surface area contributed by atoms with Gasteiger partial charge in [0.25, 0.3) is 12.8 Å². The van der Waals surface area contributed by atoms with Crippen LogP contribution in [0, 0.1) is 0 Å². The molecule has 0 aliphatic carbocycles. The van der Waals surface area contributed by atoms with Crippen molar-refractivity contribution in [3.8, 4) is 0 Å². The molecule has 0 saturated carbocycles. The Balaban J connectivity index is 5.44. The van der Waals surface area contributed by atoms with Gasteiger partial charge in [-0.1, -0.05) is 0 Å². The third-order valence-electron chi connectivity index (χ3n) is 1.79. The molecule has 0 spiro atoms. The highest BCUT2D eigenvalue weighted by Crippen LogP contribution is 2.45. The third kappa shape index (κ3) is 3.87. The minimum absolute atomic E-state index is 2.12. The summed E-state index contributed by atoms with van der Waals surface area (Å²) >= 11 is 0. The van der Waals surface area contributed by atoms with Gasteiger partial charge in [-0.15, -0.1) is 0 Å². The molecule has 0 aliphatic heterocycles. The van der Waals surface area contributed by atoms with Crippen molar-refractivity contribution in [2.24, 2.45) is 0 Å². The van der Waals surface area contributed by atoms with Crippen LogP contribution in [-0.2, 0) is 14.3 Å². The van der Waals surface area contributed by atoms with E-state index in [-0.39, 0.29) is 0 Å². The van der Waals surface area contributed by atoms with E-state index in [1.165, 1.54) is 0 Å². The first-order valence-electron chi connectivity index (χ1n) is 4.30. The van der Waals surface area contributed by atoms with E-state index in [4.69, 9.17) is 0 Å². The minimum Gasteiger partial charge on any atom is -0.234 e. The van der Waals surface area contributed by atoms with E-state index in [9.17, 15) is 56.7 Å². The first-order chi connectivity index (χ1) is 8.98. The molecule has 2 unspecified atom stereocenters. The van der Waals surface area contributed by atoms with Crippen molar-refractivity contribution < 1.29 is 60.9 Å². The van der Waals surface area contributed by atoms with Crippen molar-refractivity contribution in [2.75, 3.05) is 0 Å². The largest absolute Gasteiger partial charge is 0.523 e. The molecule has 0 aromatic carbocycles. The molecule has 128 valence electrons. The topological polar surface area (TPSA) is 43.4 Å². The zero-order valence-electron chi connectivity index (χ0n) is 9.02. The molecule has 0 N–H and O–H groups in total. The van der Waals surface area contributed by atoms with Gasteiger partial charge in [0.05, 0.1) is 0 Å². The Bertz CT molecular complexity index is 455. The average molecular weight is 364 g/mol. The minimum atomic E-state index is -7.08. The van der Waals surface area contributed by atoms with E-state index in [2.05, 4.69) is 4.18 Å². The number of hydrogen-bond acceptors (Lipinski definition) is 3. The summed E-state index contributed by atoms with van der Waals surface area (Å²) in [5.74, 6) is -13.2. The van der Waals surface area contributed by atoms with Crippen LogP contribution in [0.3, 0.4) is 0 Å². The predicted octanol–water partition coefficient (Wildman–Crippen LogP) is 3.02. The van der Waals surface area contributed by atoms with E-state index in [0.29, 0.717) is 0 Å². The number of alkyl halides is 11. The molecular weight excluding hydrogens is 361 g/mol. The summed E-state index contributed by atoms with van der Waals surface area (Å²) in [5, 5.41) is 0. The molecule has 0 rings (SSSR count). The molecule has 0 aliphatic rings. The monoisotopic (exact) mass is 364 g/mol. The van der Waals surface area contributed by atoms with E-state index >= 15 is 0 Å². The van der Waals surface area contributed by atoms with Crippen LogP contribution in [0.2, 0.25) is 0 Å². The molecule has 0 aromatic rings. The molecular formula is C6H3F11O3S. The molecule has 0 fully saturated rings. The highest BCUT2D eigenvalue weighted by Gasteiger charge is 2.70. The average Bonchev–Trinajstić information content (AvgIpc) is 2.25. The molecule has 15 heteroatoms. The Kier molecular flexibility index (Phi) is 5.50. The Morgan fingerprint density at radius 3 is 1.43 bits per heavy atom. The van der Waals surface area contributed by atoms with E-state index in [1.54, 1.807) is 0 Å². The van der Waals surface area contributed by atoms with Gasteiger partial charge in [-0.25, -0.2) is 21.7 Å². The fraction of sp³-hybridized carbons (Fsp3) is 1.00. The summed E-state index contributed by atoms with van der Waals surface area (Å²) in [6.07, 6.45) is -15.0. The molecule has 0 amide bonds. The lowest BCUT2D eigenvalue weighted by atomic mass is 10.1. The molecule has 0 aromatic heterocycles. The van der Waals surface area contributed by atoms with Crippen LogP contribution >= 0.6 is 0 Å². The van der Waals surface area contributed by atoms with Crippen LogP contribution in [0.25, 0.3) is 0 Å². The fourth-order valence-corrected chi connectivity index (χ4v) is 1.17. The summed E-state index contributed by atoms with van der Waals surface area (Å²) < 4.78 is 156. The number of rotatable bonds is 6. The number of halogens is 11. The molecule has 2 atom stereocenters. The maximum Gasteiger partial charge on any atom is 0.523 e. The van der Waals surface area contributed by atoms with Crippen molar-refractivity contribution in [3.63, 3.8) is 0 Å². The van der Waals surface area contributed by atoms with Gasteiger partial charge in [0.2, 0.25) is 6.17 Å². The van der Waals surface area contributed by atoms with Gasteiger partial charge in [-0.3, -0.25) is 0 Å². The van der Waals surface area contributed by atoms with Crippen molar-refractivity contribution in [3.05, 3.63) is 0 Å². The second kappa shape index (κ2) is 5.73. The van der Waals surface area contributed by atoms with Gasteiger partial charge in [0.15, 0.2) is 0 Å². The highest BCUT2D eigenvalue weighted by molar-refractivity contribution is 7.87. The third-order valence-corrected chi connectivity index (χ3v) is 2.78. The van der Waals surface area contributed by atoms with Gasteiger partial charge < -0.3 is 0 Å². The molecule has 3 nitrogen and oxygen atoms in total. The lowest BCUT2D eigenvalue weighted by molar-refractivity contribution is -0.305. The maximum atomic E-state index is 12.7. The standard InChI is InChI=1S/C6H3F11O3S/c7-1(2(8)9)4(11,12)5(13,14)3(10)20-21(18,19)6(15,16)17/h1-3H. The Morgan fingerprint density at radius 1 is 0.762 bits per heavy atom. The van der Waals surface area contributed by atoms with Crippen LogP contribution in [0.4, 0.5) is 48.3 Å². The van der Waals surface area contributed by atoms with Crippen LogP contribution in [-0.4, -0.2) is 44.7 Å². The fourth-order valence-electron chi connectivity index (χ4n) is 0.720. The van der Waals surface area contributed by atoms with Crippen LogP contribution in [0.15, 0.2) is 0 Å². The van der Waals surface area contributed by atoms with Gasteiger partial charge in [-0.05, 0) is 0 Å². The summed E-state index contributed by atoms with van der Waals surface area (Å²) in [5.41, 5.74) is -6.46. The normalized spacial score (nSPS) is 17.9. The van der Waals surface area contributed by atoms with Gasteiger partial charge in [-0.2, -0.15) is 39.2 Å². The SMILES string of the molecule is O=S(=O)(OC(F)C(F)(F)C(F)(F)C(F)C(F)F)C(F)(F)F. The quantitative estimate of drug-likeness (QED) is 0.414. The van der Waals surface area contributed by atoms with Crippen molar-refractivity contribution in [1.82, 2.24) is 0 Å². The molecule has 21 heavy (non-hydrogen) atoms. The predicted molar refractivity (Wildman–Crippen MR) is 41.7 cm³/mol. The lowest BCUT2D eigenvalue weighted by Gasteiger charge is -2.30. The Hall–Kier alpha value is -0.860. The summed E-state index contributed by atoms with van der Waals surface area (Å²) in [4.78, 5) is 0. The van der Waals surface area contributed by atoms with Gasteiger partial charge in [0.1, 0.15) is 0 Å². The van der Waals surface area contributed by atoms with Crippen LogP contribution < -0.4 is 0 Å². The second-order valence-electron chi connectivity index (χ2n) is 3.29. The summed E-state index contributed by atoms with van der Waals surface area (Å²) in [6.45, 7) is 0. The second-order valence-corrected chi connectivity index (χ2v) is 4.86. The zero-order chi connectivity index (χ0) is 17.4. The van der Waals surface area contributed by atoms with Crippen LogP contribution in [0.1, 0.15) is 0 Å². The molecule has 0 heterocycles. The molecule has 0 bridgehead atoms. The van der Waals surface area contributed by atoms with Crippen LogP contribution in [0.5, 0.6) is 0 Å². The molecule has 0 radical (unpaired) electrons. The van der Waals surface area contributed by atoms with E-state index in [0.717, 1.165) is 0 Å². The van der Waals surface area contributed by atoms with Crippen molar-refractivity contribution >= 4 is 10.1 Å². The Labute approximate surface area is 108 Å². The first kappa shape index (κ1) is 20.1. The van der Waals surface area contributed by atoms with Crippen molar-refractivity contribution in [1.29, 1.82) is 0 Å².